The van der Waals surface area contributed by atoms with E-state index in [9.17, 15) is 36.6 Å². The molecule has 0 aliphatic heterocycles. The number of nitrogens with one attached hydrogen (secondary N) is 1. The SMILES string of the molecule is CN(C[C@H](O)CNC(C)(C)CC1Cc2ccccc2C1)S(=O)(=O)c1cc(-c2ccc(C(=O)O)c(Cl)c2)cc(C(F)(F)F)c1. The van der Waals surface area contributed by atoms with E-state index in [1.807, 2.05) is 26.0 Å². The number of aliphatic hydroxyl groups is 1. The van der Waals surface area contributed by atoms with Gasteiger partial charge in [-0.2, -0.15) is 17.5 Å². The summed E-state index contributed by atoms with van der Waals surface area (Å²) in [5.74, 6) is -0.878. The summed E-state index contributed by atoms with van der Waals surface area (Å²) in [4.78, 5) is 10.7. The largest absolute Gasteiger partial charge is 0.478 e. The van der Waals surface area contributed by atoms with E-state index in [1.165, 1.54) is 30.3 Å². The van der Waals surface area contributed by atoms with Gasteiger partial charge in [0.2, 0.25) is 10.0 Å². The van der Waals surface area contributed by atoms with Gasteiger partial charge in [0.1, 0.15) is 0 Å². The molecule has 12 heteroatoms. The second kappa shape index (κ2) is 12.6. The fourth-order valence-corrected chi connectivity index (χ4v) is 7.11. The zero-order chi connectivity index (χ0) is 31.7. The third kappa shape index (κ3) is 7.96. The lowest BCUT2D eigenvalue weighted by molar-refractivity contribution is -0.137. The van der Waals surface area contributed by atoms with Crippen molar-refractivity contribution < 1.29 is 36.6 Å². The molecule has 3 N–H and O–H groups in total. The zero-order valence-corrected chi connectivity index (χ0v) is 25.5. The second-order valence-electron chi connectivity index (χ2n) is 11.7. The molecule has 1 aliphatic carbocycles. The average molecular weight is 639 g/mol. The van der Waals surface area contributed by atoms with Crippen LogP contribution < -0.4 is 5.32 Å². The van der Waals surface area contributed by atoms with E-state index in [1.54, 1.807) is 0 Å². The Morgan fingerprint density at radius 1 is 1.05 bits per heavy atom. The van der Waals surface area contributed by atoms with Gasteiger partial charge in [-0.25, -0.2) is 13.2 Å². The molecule has 3 aromatic rings. The molecule has 0 amide bonds. The summed E-state index contributed by atoms with van der Waals surface area (Å²) in [6, 6.07) is 14.3. The molecule has 1 atom stereocenters. The van der Waals surface area contributed by atoms with Gasteiger partial charge in [-0.05, 0) is 91.6 Å². The first-order valence-corrected chi connectivity index (χ1v) is 15.5. The zero-order valence-electron chi connectivity index (χ0n) is 24.0. The second-order valence-corrected chi connectivity index (χ2v) is 14.1. The van der Waals surface area contributed by atoms with Crippen molar-refractivity contribution in [3.63, 3.8) is 0 Å². The molecule has 0 spiro atoms. The smallest absolute Gasteiger partial charge is 0.416 e. The highest BCUT2D eigenvalue weighted by Crippen LogP contribution is 2.36. The van der Waals surface area contributed by atoms with E-state index < -0.39 is 38.7 Å². The van der Waals surface area contributed by atoms with Crippen LogP contribution in [0.15, 0.2) is 65.6 Å². The number of carbonyl (C=O) groups is 1. The number of aliphatic hydroxyl groups excluding tert-OH is 1. The van der Waals surface area contributed by atoms with Gasteiger partial charge >= 0.3 is 12.1 Å². The van der Waals surface area contributed by atoms with Crippen molar-refractivity contribution >= 4 is 27.6 Å². The van der Waals surface area contributed by atoms with Crippen LogP contribution >= 0.6 is 11.6 Å². The number of fused-ring (bicyclic) bond motifs is 1. The highest BCUT2D eigenvalue weighted by Gasteiger charge is 2.34. The Hall–Kier alpha value is -2.96. The standard InChI is InChI=1S/C31H34ClF3N2O5S/c1-30(2,16-19-10-20-6-4-5-7-21(20)11-19)36-17-25(38)18-37(3)43(41,42)26-13-23(12-24(15-26)31(33,34)35)22-8-9-27(29(39)40)28(32)14-22/h4-9,12-15,19,25,36,38H,10-11,16-18H2,1-3H3,(H,39,40)/t25-/m1/s1. The maximum absolute atomic E-state index is 13.8. The number of aromatic carboxylic acids is 1. The number of alkyl halides is 3. The summed E-state index contributed by atoms with van der Waals surface area (Å²) in [6.45, 7) is 3.75. The van der Waals surface area contributed by atoms with Gasteiger partial charge in [-0.1, -0.05) is 41.9 Å². The predicted molar refractivity (Wildman–Crippen MR) is 159 cm³/mol. The molecule has 232 valence electrons. The molecule has 0 saturated heterocycles. The molecule has 0 unspecified atom stereocenters. The van der Waals surface area contributed by atoms with Crippen molar-refractivity contribution in [3.05, 3.63) is 87.9 Å². The first-order valence-electron chi connectivity index (χ1n) is 13.7. The van der Waals surface area contributed by atoms with E-state index >= 15 is 0 Å². The first-order chi connectivity index (χ1) is 20.0. The average Bonchev–Trinajstić information content (AvgIpc) is 3.32. The third-order valence-corrected chi connectivity index (χ3v) is 9.81. The van der Waals surface area contributed by atoms with Crippen LogP contribution in [0.25, 0.3) is 11.1 Å². The van der Waals surface area contributed by atoms with Crippen molar-refractivity contribution in [1.82, 2.24) is 9.62 Å². The number of sulfonamides is 1. The monoisotopic (exact) mass is 638 g/mol. The van der Waals surface area contributed by atoms with Crippen LogP contribution in [-0.4, -0.2) is 60.7 Å². The summed E-state index contributed by atoms with van der Waals surface area (Å²) in [7, 11) is -3.27. The summed E-state index contributed by atoms with van der Waals surface area (Å²) in [6.07, 6.45) is -3.21. The van der Waals surface area contributed by atoms with Gasteiger partial charge in [-0.15, -0.1) is 0 Å². The molecular weight excluding hydrogens is 605 g/mol. The molecule has 1 aliphatic rings. The Labute approximate surface area is 254 Å². The number of hydrogen-bond acceptors (Lipinski definition) is 5. The lowest BCUT2D eigenvalue weighted by atomic mass is 9.88. The van der Waals surface area contributed by atoms with Gasteiger partial charge in [0, 0.05) is 25.7 Å². The van der Waals surface area contributed by atoms with Gasteiger partial charge in [0.25, 0.3) is 0 Å². The van der Waals surface area contributed by atoms with E-state index in [-0.39, 0.29) is 40.3 Å². The van der Waals surface area contributed by atoms with Crippen LogP contribution in [0.3, 0.4) is 0 Å². The minimum absolute atomic E-state index is 0.0782. The Balaban J connectivity index is 1.47. The van der Waals surface area contributed by atoms with Gasteiger partial charge in [0.05, 0.1) is 27.1 Å². The quantitative estimate of drug-likeness (QED) is 0.242. The summed E-state index contributed by atoms with van der Waals surface area (Å²) < 4.78 is 69.0. The fourth-order valence-electron chi connectivity index (χ4n) is 5.57. The fraction of sp³-hybridized carbons (Fsp3) is 0.387. The lowest BCUT2D eigenvalue weighted by Crippen LogP contribution is -2.47. The van der Waals surface area contributed by atoms with Crippen molar-refractivity contribution in [3.8, 4) is 11.1 Å². The minimum atomic E-state index is -4.86. The minimum Gasteiger partial charge on any atom is -0.478 e. The van der Waals surface area contributed by atoms with Gasteiger partial charge in [-0.3, -0.25) is 0 Å². The van der Waals surface area contributed by atoms with Gasteiger partial charge in [0.15, 0.2) is 0 Å². The highest BCUT2D eigenvalue weighted by atomic mass is 35.5. The Kier molecular flexibility index (Phi) is 9.63. The number of carboxylic acid groups (broad SMARTS) is 1. The predicted octanol–water partition coefficient (Wildman–Crippen LogP) is 5.88. The lowest BCUT2D eigenvalue weighted by Gasteiger charge is -2.31. The normalized spacial score (nSPS) is 15.1. The molecule has 0 bridgehead atoms. The number of β-amino-alcohol motifs (C(OH)–C–C–N with tert-alkyl or cyclic N) is 1. The van der Waals surface area contributed by atoms with Crippen LogP contribution in [0.2, 0.25) is 5.02 Å². The number of likely N-dealkylation sites (N-methyl/N-ethyl adjacent to an activating group) is 1. The van der Waals surface area contributed by atoms with E-state index in [4.69, 9.17) is 11.6 Å². The molecule has 0 heterocycles. The number of nitrogens with zero attached hydrogens (tertiary/aromatic N) is 1. The third-order valence-electron chi connectivity index (χ3n) is 7.69. The molecule has 0 saturated carbocycles. The molecular formula is C31H34ClF3N2O5S. The Morgan fingerprint density at radius 3 is 2.23 bits per heavy atom. The number of carboxylic acids is 1. The number of benzene rings is 3. The first kappa shape index (κ1) is 32.9. The highest BCUT2D eigenvalue weighted by molar-refractivity contribution is 7.89. The van der Waals surface area contributed by atoms with Crippen LogP contribution in [-0.2, 0) is 29.0 Å². The molecule has 0 radical (unpaired) electrons. The maximum atomic E-state index is 13.8. The maximum Gasteiger partial charge on any atom is 0.416 e. The molecule has 4 rings (SSSR count). The van der Waals surface area contributed by atoms with E-state index in [2.05, 4.69) is 17.4 Å². The Bertz CT molecular complexity index is 1590. The van der Waals surface area contributed by atoms with Crippen molar-refractivity contribution in [2.24, 2.45) is 5.92 Å². The van der Waals surface area contributed by atoms with E-state index in [0.29, 0.717) is 12.0 Å². The van der Waals surface area contributed by atoms with Crippen molar-refractivity contribution in [2.75, 3.05) is 20.1 Å². The molecule has 0 fully saturated rings. The molecule has 3 aromatic carbocycles. The number of rotatable bonds is 11. The van der Waals surface area contributed by atoms with Gasteiger partial charge < -0.3 is 15.5 Å². The van der Waals surface area contributed by atoms with E-state index in [0.717, 1.165) is 41.8 Å². The molecule has 43 heavy (non-hydrogen) atoms. The summed E-state index contributed by atoms with van der Waals surface area (Å²) >= 11 is 6.01. The molecule has 7 nitrogen and oxygen atoms in total. The topological polar surface area (TPSA) is 107 Å². The number of halogens is 4. The van der Waals surface area contributed by atoms with Crippen molar-refractivity contribution in [2.45, 2.75) is 55.8 Å². The van der Waals surface area contributed by atoms with Crippen LogP contribution in [0.4, 0.5) is 13.2 Å². The summed E-state index contributed by atoms with van der Waals surface area (Å²) in [5, 5.41) is 23.0. The number of hydrogen-bond donors (Lipinski definition) is 3. The van der Waals surface area contributed by atoms with Crippen LogP contribution in [0.1, 0.15) is 47.3 Å². The van der Waals surface area contributed by atoms with Crippen molar-refractivity contribution in [1.29, 1.82) is 0 Å². The molecule has 0 aromatic heterocycles. The summed E-state index contributed by atoms with van der Waals surface area (Å²) in [5.41, 5.74) is 0.883. The Morgan fingerprint density at radius 2 is 1.67 bits per heavy atom. The van der Waals surface area contributed by atoms with Crippen LogP contribution in [0, 0.1) is 5.92 Å². The van der Waals surface area contributed by atoms with Crippen LogP contribution in [0.5, 0.6) is 0 Å².